The molecule has 0 radical (unpaired) electrons. The van der Waals surface area contributed by atoms with Crippen LogP contribution in [0.25, 0.3) is 0 Å². The summed E-state index contributed by atoms with van der Waals surface area (Å²) >= 11 is 0. The van der Waals surface area contributed by atoms with Crippen molar-refractivity contribution in [2.24, 2.45) is 5.92 Å². The number of alkyl halides is 3. The van der Waals surface area contributed by atoms with Gasteiger partial charge in [-0.25, -0.2) is 0 Å². The van der Waals surface area contributed by atoms with Crippen LogP contribution in [0.5, 0.6) is 0 Å². The smallest absolute Gasteiger partial charge is 0.418 e. The maximum absolute atomic E-state index is 13.0. The number of nitrogens with zero attached hydrogens (tertiary/aromatic N) is 1. The lowest BCUT2D eigenvalue weighted by atomic mass is 9.94. The number of hydrogen-bond acceptors (Lipinski definition) is 4. The number of nitrogens with one attached hydrogen (secondary N) is 1. The average Bonchev–Trinajstić information content (AvgIpc) is 3.08. The first-order valence-corrected chi connectivity index (χ1v) is 9.68. The summed E-state index contributed by atoms with van der Waals surface area (Å²) in [4.78, 5) is 38.2. The van der Waals surface area contributed by atoms with E-state index in [1.165, 1.54) is 12.1 Å². The maximum Gasteiger partial charge on any atom is 0.418 e. The standard InChI is InChI=1S/C20H23F3N2O4/c21-20(22,23)15-8-4-5-9-16(15)24-17(26)12-29-19(28)13-10-18(27)25(11-13)14-6-2-1-3-7-14/h4-5,8-9,13-14H,1-3,6-7,10-12H2,(H,24,26)/t13-/m0/s1. The first-order valence-electron chi connectivity index (χ1n) is 9.68. The molecule has 1 aliphatic carbocycles. The lowest BCUT2D eigenvalue weighted by molar-refractivity contribution is -0.151. The van der Waals surface area contributed by atoms with Crippen LogP contribution in [-0.4, -0.2) is 41.9 Å². The number of rotatable bonds is 5. The lowest BCUT2D eigenvalue weighted by Crippen LogP contribution is -2.38. The van der Waals surface area contributed by atoms with Gasteiger partial charge in [-0.15, -0.1) is 0 Å². The van der Waals surface area contributed by atoms with Crippen LogP contribution in [0.3, 0.4) is 0 Å². The molecule has 1 aromatic carbocycles. The monoisotopic (exact) mass is 412 g/mol. The van der Waals surface area contributed by atoms with Gasteiger partial charge in [0.25, 0.3) is 5.91 Å². The fourth-order valence-electron chi connectivity index (χ4n) is 3.92. The summed E-state index contributed by atoms with van der Waals surface area (Å²) in [6.07, 6.45) is 0.535. The number of amides is 2. The van der Waals surface area contributed by atoms with Gasteiger partial charge in [-0.05, 0) is 25.0 Å². The number of likely N-dealkylation sites (tertiary alicyclic amines) is 1. The summed E-state index contributed by atoms with van der Waals surface area (Å²) in [6, 6.07) is 4.71. The molecule has 1 N–H and O–H groups in total. The van der Waals surface area contributed by atoms with Crippen LogP contribution in [-0.2, 0) is 25.3 Å². The Morgan fingerprint density at radius 1 is 1.14 bits per heavy atom. The molecule has 6 nitrogen and oxygen atoms in total. The van der Waals surface area contributed by atoms with Crippen molar-refractivity contribution in [2.45, 2.75) is 50.7 Å². The highest BCUT2D eigenvalue weighted by atomic mass is 19.4. The molecule has 2 amide bonds. The molecule has 1 atom stereocenters. The zero-order valence-corrected chi connectivity index (χ0v) is 15.8. The van der Waals surface area contributed by atoms with E-state index in [1.807, 2.05) is 0 Å². The van der Waals surface area contributed by atoms with Crippen LogP contribution >= 0.6 is 0 Å². The minimum absolute atomic E-state index is 0.0356. The van der Waals surface area contributed by atoms with Gasteiger partial charge >= 0.3 is 12.1 Å². The molecule has 1 aromatic rings. The molecule has 1 saturated carbocycles. The van der Waals surface area contributed by atoms with Crippen LogP contribution in [0.1, 0.15) is 44.1 Å². The number of ether oxygens (including phenoxy) is 1. The van der Waals surface area contributed by atoms with Gasteiger partial charge in [0.05, 0.1) is 17.2 Å². The maximum atomic E-state index is 13.0. The van der Waals surface area contributed by atoms with Crippen molar-refractivity contribution in [3.05, 3.63) is 29.8 Å². The Labute approximate surface area is 166 Å². The van der Waals surface area contributed by atoms with Gasteiger partial charge < -0.3 is 15.0 Å². The highest BCUT2D eigenvalue weighted by molar-refractivity contribution is 5.94. The second-order valence-electron chi connectivity index (χ2n) is 7.44. The van der Waals surface area contributed by atoms with E-state index in [0.29, 0.717) is 0 Å². The van der Waals surface area contributed by atoms with Crippen LogP contribution < -0.4 is 5.32 Å². The molecular formula is C20H23F3N2O4. The zero-order valence-electron chi connectivity index (χ0n) is 15.8. The highest BCUT2D eigenvalue weighted by Crippen LogP contribution is 2.34. The molecule has 158 valence electrons. The topological polar surface area (TPSA) is 75.7 Å². The molecule has 2 fully saturated rings. The van der Waals surface area contributed by atoms with Crippen molar-refractivity contribution in [1.29, 1.82) is 0 Å². The number of esters is 1. The van der Waals surface area contributed by atoms with Gasteiger partial charge in [-0.3, -0.25) is 14.4 Å². The molecule has 9 heteroatoms. The van der Waals surface area contributed by atoms with Crippen molar-refractivity contribution in [3.63, 3.8) is 0 Å². The summed E-state index contributed by atoms with van der Waals surface area (Å²) in [7, 11) is 0. The average molecular weight is 412 g/mol. The van der Waals surface area contributed by atoms with Crippen molar-refractivity contribution >= 4 is 23.5 Å². The summed E-state index contributed by atoms with van der Waals surface area (Å²) in [5.41, 5.74) is -1.38. The largest absolute Gasteiger partial charge is 0.455 e. The Morgan fingerprint density at radius 2 is 1.83 bits per heavy atom. The molecule has 0 unspecified atom stereocenters. The van der Waals surface area contributed by atoms with E-state index in [0.717, 1.165) is 44.2 Å². The minimum Gasteiger partial charge on any atom is -0.455 e. The molecule has 0 spiro atoms. The number of benzene rings is 1. The van der Waals surface area contributed by atoms with Crippen LogP contribution in [0.4, 0.5) is 18.9 Å². The summed E-state index contributed by atoms with van der Waals surface area (Å²) in [5, 5.41) is 2.12. The molecule has 1 aliphatic heterocycles. The van der Waals surface area contributed by atoms with Crippen molar-refractivity contribution in [1.82, 2.24) is 4.90 Å². The second kappa shape index (κ2) is 8.84. The minimum atomic E-state index is -4.62. The van der Waals surface area contributed by atoms with Gasteiger partial charge in [0.2, 0.25) is 5.91 Å². The predicted octanol–water partition coefficient (Wildman–Crippen LogP) is 3.37. The first kappa shape index (κ1) is 21.1. The number of hydrogen-bond donors (Lipinski definition) is 1. The Hall–Kier alpha value is -2.58. The second-order valence-corrected chi connectivity index (χ2v) is 7.44. The molecule has 1 saturated heterocycles. The molecule has 2 aliphatic rings. The van der Waals surface area contributed by atoms with Crippen LogP contribution in [0.2, 0.25) is 0 Å². The Bertz CT molecular complexity index is 775. The van der Waals surface area contributed by atoms with Gasteiger partial charge in [0.1, 0.15) is 0 Å². The number of halogens is 3. The molecular weight excluding hydrogens is 389 g/mol. The van der Waals surface area contributed by atoms with E-state index in [2.05, 4.69) is 5.32 Å². The third-order valence-corrected chi connectivity index (χ3v) is 5.36. The van der Waals surface area contributed by atoms with E-state index < -0.39 is 41.8 Å². The number of carbonyl (C=O) groups is 3. The Morgan fingerprint density at radius 3 is 2.52 bits per heavy atom. The number of anilines is 1. The quantitative estimate of drug-likeness (QED) is 0.753. The van der Waals surface area contributed by atoms with E-state index >= 15 is 0 Å². The first-order chi connectivity index (χ1) is 13.8. The van der Waals surface area contributed by atoms with Gasteiger partial charge in [0.15, 0.2) is 6.61 Å². The van der Waals surface area contributed by atoms with E-state index in [1.54, 1.807) is 4.90 Å². The van der Waals surface area contributed by atoms with Crippen molar-refractivity contribution < 1.29 is 32.3 Å². The Balaban J connectivity index is 1.51. The van der Waals surface area contributed by atoms with E-state index in [4.69, 9.17) is 4.74 Å². The molecule has 0 aromatic heterocycles. The summed E-state index contributed by atoms with van der Waals surface area (Å²) in [6.45, 7) is -0.444. The molecule has 3 rings (SSSR count). The van der Waals surface area contributed by atoms with E-state index in [9.17, 15) is 27.6 Å². The van der Waals surface area contributed by atoms with Gasteiger partial charge in [0, 0.05) is 19.0 Å². The fourth-order valence-corrected chi connectivity index (χ4v) is 3.92. The van der Waals surface area contributed by atoms with Crippen molar-refractivity contribution in [3.8, 4) is 0 Å². The Kier molecular flexibility index (Phi) is 6.44. The van der Waals surface area contributed by atoms with Crippen LogP contribution in [0, 0.1) is 5.92 Å². The fraction of sp³-hybridized carbons (Fsp3) is 0.550. The molecule has 29 heavy (non-hydrogen) atoms. The van der Waals surface area contributed by atoms with Gasteiger partial charge in [-0.1, -0.05) is 31.4 Å². The number of carbonyl (C=O) groups excluding carboxylic acids is 3. The van der Waals surface area contributed by atoms with E-state index in [-0.39, 0.29) is 24.9 Å². The molecule has 1 heterocycles. The zero-order chi connectivity index (χ0) is 21.0. The summed E-state index contributed by atoms with van der Waals surface area (Å²) < 4.78 is 43.9. The highest BCUT2D eigenvalue weighted by Gasteiger charge is 2.39. The molecule has 0 bridgehead atoms. The number of para-hydroxylation sites is 1. The van der Waals surface area contributed by atoms with Crippen molar-refractivity contribution in [2.75, 3.05) is 18.5 Å². The SMILES string of the molecule is O=C(COC(=O)[C@H]1CC(=O)N(C2CCCCC2)C1)Nc1ccccc1C(F)(F)F. The third kappa shape index (κ3) is 5.27. The van der Waals surface area contributed by atoms with Crippen LogP contribution in [0.15, 0.2) is 24.3 Å². The van der Waals surface area contributed by atoms with Gasteiger partial charge in [-0.2, -0.15) is 13.2 Å². The normalized spacial score (nSPS) is 20.6. The predicted molar refractivity (Wildman–Crippen MR) is 97.7 cm³/mol. The third-order valence-electron chi connectivity index (χ3n) is 5.36. The lowest BCUT2D eigenvalue weighted by Gasteiger charge is -2.31. The summed E-state index contributed by atoms with van der Waals surface area (Å²) in [5.74, 6) is -2.30.